The summed E-state index contributed by atoms with van der Waals surface area (Å²) in [6.07, 6.45) is 5.28. The van der Waals surface area contributed by atoms with Gasteiger partial charge in [-0.2, -0.15) is 13.2 Å². The fourth-order valence-corrected chi connectivity index (χ4v) is 4.26. The van der Waals surface area contributed by atoms with Crippen LogP contribution in [0.3, 0.4) is 0 Å². The minimum atomic E-state index is -4.51. The van der Waals surface area contributed by atoms with E-state index in [4.69, 9.17) is 0 Å². The second kappa shape index (κ2) is 7.94. The zero-order chi connectivity index (χ0) is 20.4. The van der Waals surface area contributed by atoms with E-state index in [1.54, 1.807) is 11.3 Å². The van der Waals surface area contributed by atoms with Gasteiger partial charge in [0.05, 0.1) is 4.88 Å². The van der Waals surface area contributed by atoms with Crippen molar-refractivity contribution >= 4 is 28.5 Å². The van der Waals surface area contributed by atoms with Crippen LogP contribution in [0.25, 0.3) is 16.0 Å². The lowest BCUT2D eigenvalue weighted by Crippen LogP contribution is -2.10. The van der Waals surface area contributed by atoms with Gasteiger partial charge < -0.3 is 5.32 Å². The normalized spacial score (nSPS) is 14.6. The topological polar surface area (TPSA) is 50.7 Å². The summed E-state index contributed by atoms with van der Waals surface area (Å²) >= 11 is 1.63. The predicted molar refractivity (Wildman–Crippen MR) is 109 cm³/mol. The van der Waals surface area contributed by atoms with Crippen LogP contribution < -0.4 is 5.32 Å². The molecule has 0 fully saturated rings. The summed E-state index contributed by atoms with van der Waals surface area (Å²) in [6, 6.07) is 6.61. The van der Waals surface area contributed by atoms with E-state index < -0.39 is 11.9 Å². The zero-order valence-electron chi connectivity index (χ0n) is 15.8. The fourth-order valence-electron chi connectivity index (χ4n) is 3.29. The predicted octanol–water partition coefficient (Wildman–Crippen LogP) is 6.63. The van der Waals surface area contributed by atoms with Gasteiger partial charge in [0.25, 0.3) is 0 Å². The molecule has 0 saturated carbocycles. The van der Waals surface area contributed by atoms with Crippen LogP contribution in [-0.2, 0) is 6.18 Å². The van der Waals surface area contributed by atoms with Crippen molar-refractivity contribution in [2.45, 2.75) is 38.8 Å². The van der Waals surface area contributed by atoms with Gasteiger partial charge in [-0.3, -0.25) is 0 Å². The second-order valence-corrected chi connectivity index (χ2v) is 8.01. The first-order valence-corrected chi connectivity index (χ1v) is 10.1. The zero-order valence-corrected chi connectivity index (χ0v) is 16.6. The van der Waals surface area contributed by atoms with Gasteiger partial charge in [-0.05, 0) is 67.5 Å². The molecule has 0 bridgehead atoms. The fraction of sp³-hybridized carbons (Fsp3) is 0.286. The molecule has 0 amide bonds. The first-order chi connectivity index (χ1) is 13.9. The van der Waals surface area contributed by atoms with Crippen LogP contribution in [-0.4, -0.2) is 15.0 Å². The molecule has 1 N–H and O–H groups in total. The average molecular weight is 416 g/mol. The Hall–Kier alpha value is -2.74. The number of thiazole rings is 1. The quantitative estimate of drug-likeness (QED) is 0.519. The molecular formula is C21H19F3N4S. The Labute approximate surface area is 170 Å². The van der Waals surface area contributed by atoms with E-state index in [9.17, 15) is 13.2 Å². The Balaban J connectivity index is 1.60. The first kappa shape index (κ1) is 19.6. The number of hydrogen-bond donors (Lipinski definition) is 1. The van der Waals surface area contributed by atoms with Gasteiger partial charge in [0.1, 0.15) is 10.7 Å². The molecule has 0 spiro atoms. The number of halogens is 3. The molecule has 0 atom stereocenters. The van der Waals surface area contributed by atoms with Crippen molar-refractivity contribution in [2.75, 3.05) is 5.32 Å². The highest BCUT2D eigenvalue weighted by Crippen LogP contribution is 2.35. The number of hydrogen-bond acceptors (Lipinski definition) is 5. The Morgan fingerprint density at radius 1 is 1.10 bits per heavy atom. The summed E-state index contributed by atoms with van der Waals surface area (Å²) in [6.45, 7) is 1.94. The highest BCUT2D eigenvalue weighted by atomic mass is 32.1. The van der Waals surface area contributed by atoms with Crippen molar-refractivity contribution in [3.63, 3.8) is 0 Å². The summed E-state index contributed by atoms with van der Waals surface area (Å²) in [5.41, 5.74) is 2.89. The largest absolute Gasteiger partial charge is 0.433 e. The van der Waals surface area contributed by atoms with Gasteiger partial charge in [-0.1, -0.05) is 12.1 Å². The molecule has 2 aromatic heterocycles. The van der Waals surface area contributed by atoms with Crippen LogP contribution in [0.5, 0.6) is 0 Å². The smallest absolute Gasteiger partial charge is 0.324 e. The third kappa shape index (κ3) is 4.64. The van der Waals surface area contributed by atoms with E-state index in [0.29, 0.717) is 5.69 Å². The van der Waals surface area contributed by atoms with Crippen LogP contribution in [0, 0.1) is 6.92 Å². The number of rotatable bonds is 4. The number of nitrogens with zero attached hydrogens (tertiary/aromatic N) is 3. The van der Waals surface area contributed by atoms with Gasteiger partial charge >= 0.3 is 6.18 Å². The summed E-state index contributed by atoms with van der Waals surface area (Å²) in [7, 11) is 0. The summed E-state index contributed by atoms with van der Waals surface area (Å²) < 4.78 is 38.7. The third-order valence-electron chi connectivity index (χ3n) is 4.64. The molecule has 3 aromatic rings. The maximum absolute atomic E-state index is 12.9. The lowest BCUT2D eigenvalue weighted by atomic mass is 10.0. The van der Waals surface area contributed by atoms with Crippen molar-refractivity contribution in [3.8, 4) is 10.4 Å². The van der Waals surface area contributed by atoms with Crippen LogP contribution in [0.15, 0.2) is 42.7 Å². The summed E-state index contributed by atoms with van der Waals surface area (Å²) in [5, 5.41) is 3.93. The van der Waals surface area contributed by atoms with Gasteiger partial charge in [-0.25, -0.2) is 15.0 Å². The average Bonchev–Trinajstić information content (AvgIpc) is 3.18. The lowest BCUT2D eigenvalue weighted by molar-refractivity contribution is -0.141. The molecule has 0 radical (unpaired) electrons. The van der Waals surface area contributed by atoms with E-state index in [1.807, 2.05) is 31.3 Å². The third-order valence-corrected chi connectivity index (χ3v) is 5.76. The molecule has 2 heterocycles. The van der Waals surface area contributed by atoms with Crippen molar-refractivity contribution in [3.05, 3.63) is 59.0 Å². The van der Waals surface area contributed by atoms with Crippen LogP contribution in [0.2, 0.25) is 0 Å². The van der Waals surface area contributed by atoms with E-state index >= 15 is 0 Å². The number of benzene rings is 1. The lowest BCUT2D eigenvalue weighted by Gasteiger charge is -2.10. The van der Waals surface area contributed by atoms with Gasteiger partial charge in [0.15, 0.2) is 0 Å². The molecule has 29 heavy (non-hydrogen) atoms. The highest BCUT2D eigenvalue weighted by molar-refractivity contribution is 7.16. The molecule has 1 aliphatic rings. The molecule has 1 aliphatic carbocycles. The van der Waals surface area contributed by atoms with Crippen LogP contribution in [0.1, 0.15) is 41.9 Å². The second-order valence-electron chi connectivity index (χ2n) is 6.98. The molecule has 4 rings (SSSR count). The number of anilines is 2. The Morgan fingerprint density at radius 3 is 2.72 bits per heavy atom. The number of aromatic nitrogens is 3. The highest BCUT2D eigenvalue weighted by Gasteiger charge is 2.32. The molecular weight excluding hydrogens is 397 g/mol. The van der Waals surface area contributed by atoms with Crippen molar-refractivity contribution in [1.29, 1.82) is 0 Å². The molecule has 0 aliphatic heterocycles. The van der Waals surface area contributed by atoms with Gasteiger partial charge in [-0.15, -0.1) is 11.3 Å². The van der Waals surface area contributed by atoms with E-state index in [-0.39, 0.29) is 5.95 Å². The number of aryl methyl sites for hydroxylation is 1. The molecule has 0 unspecified atom stereocenters. The van der Waals surface area contributed by atoms with E-state index in [2.05, 4.69) is 26.3 Å². The monoisotopic (exact) mass is 416 g/mol. The SMILES string of the molecule is Cc1cc(Nc2nccc(C(F)(F)F)n2)cc(-c2cnc(C3=CCCCC3)s2)c1. The molecule has 8 heteroatoms. The molecule has 0 saturated heterocycles. The molecule has 150 valence electrons. The number of allylic oxidation sites excluding steroid dienone is 2. The van der Waals surface area contributed by atoms with Crippen molar-refractivity contribution in [1.82, 2.24) is 15.0 Å². The van der Waals surface area contributed by atoms with Gasteiger partial charge in [0, 0.05) is 18.1 Å². The minimum Gasteiger partial charge on any atom is -0.324 e. The molecule has 1 aromatic carbocycles. The number of nitrogens with one attached hydrogen (secondary N) is 1. The van der Waals surface area contributed by atoms with E-state index in [0.717, 1.165) is 46.1 Å². The first-order valence-electron chi connectivity index (χ1n) is 9.33. The van der Waals surface area contributed by atoms with E-state index in [1.165, 1.54) is 18.4 Å². The van der Waals surface area contributed by atoms with Crippen LogP contribution >= 0.6 is 11.3 Å². The Bertz CT molecular complexity index is 1060. The summed E-state index contributed by atoms with van der Waals surface area (Å²) in [4.78, 5) is 13.1. The maximum Gasteiger partial charge on any atom is 0.433 e. The Kier molecular flexibility index (Phi) is 5.36. The molecule has 4 nitrogen and oxygen atoms in total. The Morgan fingerprint density at radius 2 is 1.97 bits per heavy atom. The number of alkyl halides is 3. The maximum atomic E-state index is 12.9. The van der Waals surface area contributed by atoms with Crippen molar-refractivity contribution in [2.24, 2.45) is 0 Å². The van der Waals surface area contributed by atoms with Crippen molar-refractivity contribution < 1.29 is 13.2 Å². The summed E-state index contributed by atoms with van der Waals surface area (Å²) in [5.74, 6) is -0.0891. The van der Waals surface area contributed by atoms with Gasteiger partial charge in [0.2, 0.25) is 5.95 Å². The van der Waals surface area contributed by atoms with Crippen LogP contribution in [0.4, 0.5) is 24.8 Å². The standard InChI is InChI=1S/C21H19F3N4S/c1-13-9-15(17-12-26-19(29-17)14-5-3-2-4-6-14)11-16(10-13)27-20-25-8-7-18(28-20)21(22,23)24/h5,7-12H,2-4,6H2,1H3,(H,25,27,28). The minimum absolute atomic E-state index is 0.0891.